The van der Waals surface area contributed by atoms with Gasteiger partial charge in [-0.25, -0.2) is 4.98 Å². The molecule has 0 saturated carbocycles. The number of fused-ring (bicyclic) bond motifs is 1. The van der Waals surface area contributed by atoms with Crippen molar-refractivity contribution in [2.24, 2.45) is 0 Å². The van der Waals surface area contributed by atoms with Gasteiger partial charge >= 0.3 is 0 Å². The van der Waals surface area contributed by atoms with Gasteiger partial charge in [-0.15, -0.1) is 0 Å². The molecule has 0 atom stereocenters. The molecule has 2 N–H and O–H groups in total. The van der Waals surface area contributed by atoms with Crippen LogP contribution in [0.15, 0.2) is 65.1 Å². The number of allylic oxidation sites excluding steroid dienone is 6. The van der Waals surface area contributed by atoms with Crippen LogP contribution in [-0.4, -0.2) is 28.2 Å². The molecule has 0 radical (unpaired) electrons. The van der Waals surface area contributed by atoms with Crippen molar-refractivity contribution in [1.82, 2.24) is 14.7 Å². The fourth-order valence-electron chi connectivity index (χ4n) is 3.29. The number of hydrogen-bond donors (Lipinski definition) is 2. The average Bonchev–Trinajstić information content (AvgIpc) is 2.75. The van der Waals surface area contributed by atoms with Crippen LogP contribution in [0.25, 0.3) is 16.8 Å². The summed E-state index contributed by atoms with van der Waals surface area (Å²) in [5.74, 6) is 0. The van der Waals surface area contributed by atoms with Crippen LogP contribution < -0.4 is 10.9 Å². The van der Waals surface area contributed by atoms with E-state index < -0.39 is 0 Å². The van der Waals surface area contributed by atoms with E-state index in [1.54, 1.807) is 16.5 Å². The van der Waals surface area contributed by atoms with E-state index in [2.05, 4.69) is 30.2 Å². The van der Waals surface area contributed by atoms with E-state index in [-0.39, 0.29) is 5.56 Å². The van der Waals surface area contributed by atoms with Crippen molar-refractivity contribution >= 4 is 22.5 Å². The molecular formula is C24H28N4O. The molecule has 4 rings (SSSR count). The van der Waals surface area contributed by atoms with Crippen LogP contribution in [-0.2, 0) is 0 Å². The van der Waals surface area contributed by atoms with E-state index in [4.69, 9.17) is 5.41 Å². The Morgan fingerprint density at radius 2 is 2.07 bits per heavy atom. The summed E-state index contributed by atoms with van der Waals surface area (Å²) in [4.78, 5) is 17.3. The van der Waals surface area contributed by atoms with Gasteiger partial charge in [0.1, 0.15) is 5.65 Å². The molecule has 2 aromatic heterocycles. The molecule has 5 nitrogen and oxygen atoms in total. The first kappa shape index (κ1) is 20.7. The Bertz CT molecular complexity index is 1100. The fraction of sp³-hybridized carbons (Fsp3) is 0.292. The molecule has 2 aliphatic rings. The lowest BCUT2D eigenvalue weighted by atomic mass is 9.98. The van der Waals surface area contributed by atoms with Crippen LogP contribution in [0.5, 0.6) is 0 Å². The van der Waals surface area contributed by atoms with Gasteiger partial charge in [-0.05, 0) is 60.9 Å². The molecule has 0 unspecified atom stereocenters. The second-order valence-electron chi connectivity index (χ2n) is 7.11. The Morgan fingerprint density at radius 3 is 2.76 bits per heavy atom. The molecule has 0 bridgehead atoms. The van der Waals surface area contributed by atoms with Gasteiger partial charge in [0.2, 0.25) is 0 Å². The van der Waals surface area contributed by atoms with Crippen molar-refractivity contribution in [1.29, 1.82) is 5.41 Å². The lowest BCUT2D eigenvalue weighted by Gasteiger charge is -2.15. The Labute approximate surface area is 171 Å². The highest BCUT2D eigenvalue weighted by atomic mass is 16.1. The van der Waals surface area contributed by atoms with E-state index >= 15 is 0 Å². The van der Waals surface area contributed by atoms with Crippen LogP contribution in [0.2, 0.25) is 0 Å². The normalized spacial score (nSPS) is 17.6. The number of nitrogens with zero attached hydrogens (tertiary/aromatic N) is 2. The Hall–Kier alpha value is -3.05. The maximum Gasteiger partial charge on any atom is 0.258 e. The van der Waals surface area contributed by atoms with Crippen molar-refractivity contribution in [3.8, 4) is 0 Å². The lowest BCUT2D eigenvalue weighted by Crippen LogP contribution is -2.21. The van der Waals surface area contributed by atoms with Crippen molar-refractivity contribution in [3.05, 3.63) is 82.0 Å². The molecule has 0 saturated heterocycles. The summed E-state index contributed by atoms with van der Waals surface area (Å²) < 4.78 is 1.60. The average molecular weight is 389 g/mol. The third-order valence-electron chi connectivity index (χ3n) is 4.75. The van der Waals surface area contributed by atoms with Crippen LogP contribution in [0.4, 0.5) is 0 Å². The lowest BCUT2D eigenvalue weighted by molar-refractivity contribution is 0.738. The minimum absolute atomic E-state index is 0.0987. The van der Waals surface area contributed by atoms with Crippen molar-refractivity contribution in [2.75, 3.05) is 13.1 Å². The van der Waals surface area contributed by atoms with Gasteiger partial charge in [-0.3, -0.25) is 9.20 Å². The first-order chi connectivity index (χ1) is 14.1. The van der Waals surface area contributed by atoms with Crippen LogP contribution in [0.1, 0.15) is 44.9 Å². The molecule has 3 heterocycles. The monoisotopic (exact) mass is 388 g/mol. The highest BCUT2D eigenvalue weighted by Gasteiger charge is 2.12. The standard InChI is InChI=1S/C21H20N4O.C3H8/c1-2-14-11-16(3-5-18(14)22)19-12-21(26)25-13-17(4-6-20(25)24-19)15-7-9-23-10-8-15;1-3-2/h2-7,11-13,22-23H,8-10H2,1H3;3H2,1-2H3/b14-2-,22-18?;. The van der Waals surface area contributed by atoms with Crippen molar-refractivity contribution in [3.63, 3.8) is 0 Å². The van der Waals surface area contributed by atoms with Crippen molar-refractivity contribution in [2.45, 2.75) is 33.6 Å². The molecule has 2 aromatic rings. The van der Waals surface area contributed by atoms with E-state index in [0.717, 1.165) is 36.2 Å². The molecule has 0 amide bonds. The molecule has 0 fully saturated rings. The Morgan fingerprint density at radius 1 is 1.28 bits per heavy atom. The second-order valence-corrected chi connectivity index (χ2v) is 7.11. The van der Waals surface area contributed by atoms with Crippen molar-refractivity contribution < 1.29 is 0 Å². The summed E-state index contributed by atoms with van der Waals surface area (Å²) >= 11 is 0. The van der Waals surface area contributed by atoms with Gasteiger partial charge in [-0.2, -0.15) is 0 Å². The molecule has 29 heavy (non-hydrogen) atoms. The van der Waals surface area contributed by atoms with Gasteiger partial charge in [0.25, 0.3) is 5.56 Å². The summed E-state index contributed by atoms with van der Waals surface area (Å²) in [5, 5.41) is 11.2. The maximum atomic E-state index is 12.7. The fourth-order valence-corrected chi connectivity index (χ4v) is 3.29. The zero-order valence-corrected chi connectivity index (χ0v) is 17.3. The minimum atomic E-state index is -0.0987. The SMILES string of the molecule is C/C=C1/C=C(c2cc(=O)n3cc(C4=CCNCC4)ccc3n2)C=CC1=N.CCC. The molecule has 150 valence electrons. The van der Waals surface area contributed by atoms with E-state index in [0.29, 0.717) is 17.1 Å². The number of pyridine rings is 1. The number of aromatic nitrogens is 2. The second kappa shape index (κ2) is 9.43. The number of rotatable bonds is 2. The summed E-state index contributed by atoms with van der Waals surface area (Å²) in [5.41, 5.74) is 5.63. The highest BCUT2D eigenvalue weighted by molar-refractivity contribution is 6.12. The molecule has 1 aliphatic heterocycles. The van der Waals surface area contributed by atoms with Gasteiger partial charge in [-0.1, -0.05) is 38.5 Å². The van der Waals surface area contributed by atoms with E-state index in [1.807, 2.05) is 43.5 Å². The smallest absolute Gasteiger partial charge is 0.258 e. The summed E-state index contributed by atoms with van der Waals surface area (Å²) in [6.45, 7) is 7.97. The molecular weight excluding hydrogens is 360 g/mol. The molecule has 0 aromatic carbocycles. The molecule has 5 heteroatoms. The Kier molecular flexibility index (Phi) is 6.73. The topological polar surface area (TPSA) is 70.2 Å². The van der Waals surface area contributed by atoms with Crippen LogP contribution >= 0.6 is 0 Å². The third-order valence-corrected chi connectivity index (χ3v) is 4.75. The first-order valence-electron chi connectivity index (χ1n) is 10.2. The predicted octanol–water partition coefficient (Wildman–Crippen LogP) is 4.41. The zero-order chi connectivity index (χ0) is 20.8. The van der Waals surface area contributed by atoms with Gasteiger partial charge in [0.15, 0.2) is 0 Å². The van der Waals surface area contributed by atoms with Crippen LogP contribution in [0.3, 0.4) is 0 Å². The van der Waals surface area contributed by atoms with E-state index in [1.165, 1.54) is 12.0 Å². The molecule has 1 aliphatic carbocycles. The summed E-state index contributed by atoms with van der Waals surface area (Å²) in [7, 11) is 0. The largest absolute Gasteiger partial charge is 0.313 e. The quantitative estimate of drug-likeness (QED) is 0.801. The zero-order valence-electron chi connectivity index (χ0n) is 17.3. The van der Waals surface area contributed by atoms with Gasteiger partial charge in [0, 0.05) is 24.4 Å². The van der Waals surface area contributed by atoms with Crippen LogP contribution in [0, 0.1) is 5.41 Å². The van der Waals surface area contributed by atoms with Gasteiger partial charge in [0.05, 0.1) is 11.4 Å². The first-order valence-corrected chi connectivity index (χ1v) is 10.2. The van der Waals surface area contributed by atoms with Gasteiger partial charge < -0.3 is 10.7 Å². The predicted molar refractivity (Wildman–Crippen MR) is 121 cm³/mol. The Balaban J connectivity index is 0.000000755. The minimum Gasteiger partial charge on any atom is -0.313 e. The van der Waals surface area contributed by atoms with E-state index in [9.17, 15) is 4.79 Å². The maximum absolute atomic E-state index is 12.7. The highest BCUT2D eigenvalue weighted by Crippen LogP contribution is 2.23. The molecule has 0 spiro atoms. The summed E-state index contributed by atoms with van der Waals surface area (Å²) in [6, 6.07) is 5.49. The number of hydrogen-bond acceptors (Lipinski definition) is 4. The summed E-state index contributed by atoms with van der Waals surface area (Å²) in [6.07, 6.45) is 13.6. The third kappa shape index (κ3) is 4.69. The number of nitrogens with one attached hydrogen (secondary N) is 2.